The number of hydrogen-bond acceptors (Lipinski definition) is 3. The lowest BCUT2D eigenvalue weighted by Gasteiger charge is -2.37. The maximum atomic E-state index is 13.0. The molecule has 5 heteroatoms. The Balaban J connectivity index is 1.20. The lowest BCUT2D eigenvalue weighted by Crippen LogP contribution is -2.40. The molecule has 5 nitrogen and oxygen atoms in total. The third-order valence-corrected chi connectivity index (χ3v) is 7.73. The van der Waals surface area contributed by atoms with Crippen LogP contribution in [0, 0.1) is 35.5 Å². The first-order valence-electron chi connectivity index (χ1n) is 10.6. The van der Waals surface area contributed by atoms with Crippen LogP contribution >= 0.6 is 0 Å². The number of rotatable bonds is 3. The molecule has 7 rings (SSSR count). The Labute approximate surface area is 164 Å². The molecule has 6 atom stereocenters. The van der Waals surface area contributed by atoms with Crippen LogP contribution in [0.4, 0.5) is 5.69 Å². The fourth-order valence-electron chi connectivity index (χ4n) is 6.41. The van der Waals surface area contributed by atoms with Crippen molar-refractivity contribution in [3.05, 3.63) is 41.5 Å². The van der Waals surface area contributed by atoms with Crippen LogP contribution in [0.1, 0.15) is 30.4 Å². The summed E-state index contributed by atoms with van der Waals surface area (Å²) in [6.45, 7) is -0.164. The van der Waals surface area contributed by atoms with Gasteiger partial charge in [0.15, 0.2) is 0 Å². The molecule has 2 saturated carbocycles. The summed E-state index contributed by atoms with van der Waals surface area (Å²) in [7, 11) is 0. The number of amides is 3. The summed E-state index contributed by atoms with van der Waals surface area (Å²) in [5.74, 6) is 0.554. The van der Waals surface area contributed by atoms with E-state index in [4.69, 9.17) is 0 Å². The number of carbonyl (C=O) groups is 3. The first kappa shape index (κ1) is 16.5. The maximum absolute atomic E-state index is 13.0. The number of carbonyl (C=O) groups excluding carboxylic acids is 3. The van der Waals surface area contributed by atoms with Crippen molar-refractivity contribution in [2.24, 2.45) is 35.5 Å². The van der Waals surface area contributed by atoms with Gasteiger partial charge in [0.25, 0.3) is 0 Å². The SMILES string of the molecule is O=C(CN1C(=O)[C@@H]2[C@H]3C=C[C@@H]([C@@H]4C[C@H]34)[C@@H]2C1=O)Nc1cccc2c1CCCC2. The third kappa shape index (κ3) is 2.22. The largest absolute Gasteiger partial charge is 0.324 e. The molecule has 6 aliphatic rings. The molecule has 1 heterocycles. The highest BCUT2D eigenvalue weighted by molar-refractivity contribution is 6.09. The Morgan fingerprint density at radius 2 is 1.68 bits per heavy atom. The molecule has 1 N–H and O–H groups in total. The molecule has 1 saturated heterocycles. The molecule has 3 amide bonds. The highest BCUT2D eigenvalue weighted by atomic mass is 16.2. The van der Waals surface area contributed by atoms with Crippen molar-refractivity contribution in [3.8, 4) is 0 Å². The number of imide groups is 1. The molecule has 0 radical (unpaired) electrons. The Bertz CT molecular complexity index is 900. The zero-order valence-corrected chi connectivity index (χ0v) is 15.8. The number of fused-ring (bicyclic) bond motifs is 1. The number of anilines is 1. The second kappa shape index (κ2) is 5.79. The molecule has 2 bridgehead atoms. The van der Waals surface area contributed by atoms with Gasteiger partial charge in [0, 0.05) is 5.69 Å². The molecule has 1 aromatic rings. The highest BCUT2D eigenvalue weighted by Crippen LogP contribution is 2.65. The summed E-state index contributed by atoms with van der Waals surface area (Å²) >= 11 is 0. The topological polar surface area (TPSA) is 66.5 Å². The Morgan fingerprint density at radius 3 is 2.39 bits per heavy atom. The summed E-state index contributed by atoms with van der Waals surface area (Å²) in [6, 6.07) is 6.01. The van der Waals surface area contributed by atoms with Gasteiger partial charge in [-0.25, -0.2) is 0 Å². The molecule has 1 aliphatic heterocycles. The third-order valence-electron chi connectivity index (χ3n) is 7.73. The molecule has 0 aromatic heterocycles. The number of aryl methyl sites for hydroxylation is 1. The van der Waals surface area contributed by atoms with Crippen molar-refractivity contribution in [2.45, 2.75) is 32.1 Å². The number of hydrogen-bond donors (Lipinski definition) is 1. The zero-order chi connectivity index (χ0) is 19.0. The molecule has 0 unspecified atom stereocenters. The van der Waals surface area contributed by atoms with Crippen LogP contribution < -0.4 is 5.32 Å². The standard InChI is InChI=1S/C23H24N2O3/c26-19(24-18-7-3-5-12-4-1-2-6-13(12)18)11-25-22(27)20-14-8-9-15(17-10-16(14)17)21(20)23(25)28/h3,5,7-9,14-17,20-21H,1-2,4,6,10-11H2,(H,24,26)/t14-,15-,16-,17+,20-,21+/m0/s1. The van der Waals surface area contributed by atoms with Gasteiger partial charge < -0.3 is 5.32 Å². The zero-order valence-electron chi connectivity index (χ0n) is 15.8. The van der Waals surface area contributed by atoms with Gasteiger partial charge in [-0.2, -0.15) is 0 Å². The maximum Gasteiger partial charge on any atom is 0.244 e. The molecule has 28 heavy (non-hydrogen) atoms. The molecule has 3 fully saturated rings. The smallest absolute Gasteiger partial charge is 0.244 e. The number of allylic oxidation sites excluding steroid dienone is 2. The monoisotopic (exact) mass is 376 g/mol. The lowest BCUT2D eigenvalue weighted by atomic mass is 9.63. The first-order valence-corrected chi connectivity index (χ1v) is 10.6. The van der Waals surface area contributed by atoms with Gasteiger partial charge in [-0.05, 0) is 73.0 Å². The fraction of sp³-hybridized carbons (Fsp3) is 0.522. The van der Waals surface area contributed by atoms with Gasteiger partial charge in [0.05, 0.1) is 11.8 Å². The van der Waals surface area contributed by atoms with Crippen molar-refractivity contribution in [1.82, 2.24) is 4.90 Å². The molecular formula is C23H24N2O3. The van der Waals surface area contributed by atoms with Gasteiger partial charge in [-0.3, -0.25) is 19.3 Å². The van der Waals surface area contributed by atoms with Gasteiger partial charge in [-0.15, -0.1) is 0 Å². The van der Waals surface area contributed by atoms with Crippen LogP contribution in [0.15, 0.2) is 30.4 Å². The van der Waals surface area contributed by atoms with Crippen LogP contribution in [-0.4, -0.2) is 29.2 Å². The van der Waals surface area contributed by atoms with Crippen molar-refractivity contribution in [2.75, 3.05) is 11.9 Å². The predicted molar refractivity (Wildman–Crippen MR) is 103 cm³/mol. The summed E-state index contributed by atoms with van der Waals surface area (Å²) in [4.78, 5) is 40.0. The summed E-state index contributed by atoms with van der Waals surface area (Å²) < 4.78 is 0. The lowest BCUT2D eigenvalue weighted by molar-refractivity contribution is -0.142. The highest BCUT2D eigenvalue weighted by Gasteiger charge is 2.67. The van der Waals surface area contributed by atoms with Gasteiger partial charge in [0.1, 0.15) is 6.54 Å². The van der Waals surface area contributed by atoms with E-state index >= 15 is 0 Å². The van der Waals surface area contributed by atoms with Crippen molar-refractivity contribution < 1.29 is 14.4 Å². The normalized spacial score (nSPS) is 36.8. The van der Waals surface area contributed by atoms with Crippen LogP contribution in [0.2, 0.25) is 0 Å². The van der Waals surface area contributed by atoms with Crippen molar-refractivity contribution in [3.63, 3.8) is 0 Å². The van der Waals surface area contributed by atoms with E-state index in [0.717, 1.165) is 31.4 Å². The van der Waals surface area contributed by atoms with E-state index in [1.54, 1.807) is 0 Å². The van der Waals surface area contributed by atoms with Crippen molar-refractivity contribution >= 4 is 23.4 Å². The Kier molecular flexibility index (Phi) is 3.41. The number of nitrogens with one attached hydrogen (secondary N) is 1. The fourth-order valence-corrected chi connectivity index (χ4v) is 6.41. The van der Waals surface area contributed by atoms with Crippen LogP contribution in [0.5, 0.6) is 0 Å². The van der Waals surface area contributed by atoms with E-state index in [2.05, 4.69) is 23.5 Å². The number of benzene rings is 1. The van der Waals surface area contributed by atoms with Crippen LogP contribution in [0.25, 0.3) is 0 Å². The van der Waals surface area contributed by atoms with Gasteiger partial charge in [-0.1, -0.05) is 24.3 Å². The van der Waals surface area contributed by atoms with E-state index in [1.807, 2.05) is 12.1 Å². The van der Waals surface area contributed by atoms with Gasteiger partial charge in [0.2, 0.25) is 17.7 Å². The molecule has 144 valence electrons. The van der Waals surface area contributed by atoms with Gasteiger partial charge >= 0.3 is 0 Å². The second-order valence-corrected chi connectivity index (χ2v) is 9.12. The Morgan fingerprint density at radius 1 is 1.00 bits per heavy atom. The average molecular weight is 376 g/mol. The molecular weight excluding hydrogens is 352 g/mol. The minimum atomic E-state index is -0.273. The van der Waals surface area contributed by atoms with E-state index in [0.29, 0.717) is 11.8 Å². The second-order valence-electron chi connectivity index (χ2n) is 9.12. The Hall–Kier alpha value is -2.43. The minimum absolute atomic E-state index is 0.134. The average Bonchev–Trinajstić information content (AvgIpc) is 3.49. The summed E-state index contributed by atoms with van der Waals surface area (Å²) in [6.07, 6.45) is 9.79. The van der Waals surface area contributed by atoms with E-state index in [-0.39, 0.29) is 47.9 Å². The number of likely N-dealkylation sites (tertiary alicyclic amines) is 1. The van der Waals surface area contributed by atoms with E-state index in [1.165, 1.54) is 22.4 Å². The predicted octanol–water partition coefficient (Wildman–Crippen LogP) is 2.56. The van der Waals surface area contributed by atoms with Crippen LogP contribution in [-0.2, 0) is 27.2 Å². The van der Waals surface area contributed by atoms with E-state index in [9.17, 15) is 14.4 Å². The number of nitrogens with zero attached hydrogens (tertiary/aromatic N) is 1. The molecule has 1 aromatic carbocycles. The van der Waals surface area contributed by atoms with E-state index < -0.39 is 0 Å². The van der Waals surface area contributed by atoms with Crippen molar-refractivity contribution in [1.29, 1.82) is 0 Å². The first-order chi connectivity index (χ1) is 13.6. The minimum Gasteiger partial charge on any atom is -0.324 e. The quantitative estimate of drug-likeness (QED) is 0.651. The summed E-state index contributed by atoms with van der Waals surface area (Å²) in [5, 5.41) is 2.97. The molecule has 0 spiro atoms. The summed E-state index contributed by atoms with van der Waals surface area (Å²) in [5.41, 5.74) is 3.34. The molecule has 5 aliphatic carbocycles. The van der Waals surface area contributed by atoms with Crippen LogP contribution in [0.3, 0.4) is 0 Å².